The van der Waals surface area contributed by atoms with Crippen molar-refractivity contribution in [1.29, 1.82) is 0 Å². The van der Waals surface area contributed by atoms with Gasteiger partial charge in [0.25, 0.3) is 0 Å². The Bertz CT molecular complexity index is 1020. The molecule has 0 aromatic heterocycles. The van der Waals surface area contributed by atoms with Gasteiger partial charge in [-0.1, -0.05) is 71.8 Å². The predicted octanol–water partition coefficient (Wildman–Crippen LogP) is 6.77. The molecule has 1 heterocycles. The van der Waals surface area contributed by atoms with E-state index in [0.717, 1.165) is 16.7 Å². The molecule has 4 rings (SSSR count). The molecule has 6 heteroatoms. The molecule has 0 amide bonds. The largest absolute Gasteiger partial charge is 0.587 e. The van der Waals surface area contributed by atoms with Gasteiger partial charge in [0.1, 0.15) is 5.75 Å². The Hall–Kier alpha value is -2.26. The third-order valence-electron chi connectivity index (χ3n) is 4.66. The molecule has 0 saturated carbocycles. The predicted molar refractivity (Wildman–Crippen MR) is 110 cm³/mol. The van der Waals surface area contributed by atoms with Crippen LogP contribution in [0.2, 0.25) is 5.02 Å². The Morgan fingerprint density at radius 1 is 1.04 bits per heavy atom. The Labute approximate surface area is 169 Å². The average molecular weight is 415 g/mol. The molecule has 1 aliphatic rings. The average Bonchev–Trinajstić information content (AvgIpc) is 2.68. The van der Waals surface area contributed by atoms with Gasteiger partial charge in [-0.25, -0.2) is 4.57 Å². The van der Waals surface area contributed by atoms with Crippen LogP contribution in [0.25, 0.3) is 0 Å². The smallest absolute Gasteiger partial charge is 0.395 e. The van der Waals surface area contributed by atoms with Crippen molar-refractivity contribution in [2.45, 2.75) is 19.3 Å². The van der Waals surface area contributed by atoms with E-state index in [4.69, 9.17) is 25.2 Å². The summed E-state index contributed by atoms with van der Waals surface area (Å²) in [5.41, 5.74) is 3.23. The van der Waals surface area contributed by atoms with Crippen LogP contribution in [0.3, 0.4) is 0 Å². The Morgan fingerprint density at radius 2 is 1.79 bits per heavy atom. The Balaban J connectivity index is 1.72. The first kappa shape index (κ1) is 19.1. The second-order valence-corrected chi connectivity index (χ2v) is 8.61. The summed E-state index contributed by atoms with van der Waals surface area (Å²) in [7, 11) is -3.88. The SMILES string of the molecule is Cc1ccc2c(c1)C(c1ccccc1)CCOP(=O)(Oc1ccccc1Cl)O2. The highest BCUT2D eigenvalue weighted by molar-refractivity contribution is 7.49. The summed E-state index contributed by atoms with van der Waals surface area (Å²) < 4.78 is 30.4. The molecule has 1 aliphatic heterocycles. The third kappa shape index (κ3) is 4.10. The molecule has 4 nitrogen and oxygen atoms in total. The van der Waals surface area contributed by atoms with Crippen LogP contribution < -0.4 is 9.05 Å². The first-order valence-corrected chi connectivity index (χ1v) is 10.9. The lowest BCUT2D eigenvalue weighted by Gasteiger charge is -2.28. The van der Waals surface area contributed by atoms with E-state index < -0.39 is 7.82 Å². The van der Waals surface area contributed by atoms with Crippen molar-refractivity contribution in [3.05, 3.63) is 94.5 Å². The topological polar surface area (TPSA) is 44.8 Å². The zero-order chi connectivity index (χ0) is 19.6. The van der Waals surface area contributed by atoms with E-state index >= 15 is 0 Å². The van der Waals surface area contributed by atoms with Crippen molar-refractivity contribution in [2.75, 3.05) is 6.61 Å². The van der Waals surface area contributed by atoms with Crippen molar-refractivity contribution in [1.82, 2.24) is 0 Å². The molecular formula is C22H20ClO4P. The van der Waals surface area contributed by atoms with E-state index in [1.54, 1.807) is 24.3 Å². The minimum absolute atomic E-state index is 0.0742. The van der Waals surface area contributed by atoms with E-state index in [2.05, 4.69) is 18.2 Å². The van der Waals surface area contributed by atoms with Crippen LogP contribution in [0.1, 0.15) is 29.0 Å². The van der Waals surface area contributed by atoms with Gasteiger partial charge in [-0.15, -0.1) is 0 Å². The van der Waals surface area contributed by atoms with Crippen LogP contribution in [0, 0.1) is 6.92 Å². The highest BCUT2D eigenvalue weighted by Gasteiger charge is 2.36. The standard InChI is InChI=1S/C22H20ClO4P/c1-16-11-12-21-19(15-16)18(17-7-3-2-4-8-17)13-14-25-28(24,26-21)27-22-10-6-5-9-20(22)23/h2-12,15,18H,13-14H2,1H3. The third-order valence-corrected chi connectivity index (χ3v) is 6.31. The number of phosphoric acid groups is 1. The molecule has 2 unspecified atom stereocenters. The van der Waals surface area contributed by atoms with Crippen molar-refractivity contribution in [3.8, 4) is 11.5 Å². The lowest BCUT2D eigenvalue weighted by molar-refractivity contribution is 0.197. The fourth-order valence-corrected chi connectivity index (χ4v) is 4.83. The summed E-state index contributed by atoms with van der Waals surface area (Å²) in [6.07, 6.45) is 0.652. The summed E-state index contributed by atoms with van der Waals surface area (Å²) in [5.74, 6) is 0.834. The number of hydrogen-bond acceptors (Lipinski definition) is 4. The van der Waals surface area contributed by atoms with E-state index in [-0.39, 0.29) is 18.3 Å². The van der Waals surface area contributed by atoms with Crippen LogP contribution in [0.4, 0.5) is 0 Å². The molecule has 0 N–H and O–H groups in total. The normalized spacial score (nSPS) is 21.7. The maximum absolute atomic E-state index is 13.3. The molecule has 3 aromatic carbocycles. The summed E-state index contributed by atoms with van der Waals surface area (Å²) in [5, 5.41) is 0.346. The molecule has 0 aliphatic carbocycles. The highest BCUT2D eigenvalue weighted by atomic mass is 35.5. The number of halogens is 1. The first-order chi connectivity index (χ1) is 13.5. The van der Waals surface area contributed by atoms with Gasteiger partial charge < -0.3 is 9.05 Å². The summed E-state index contributed by atoms with van der Waals surface area (Å²) in [4.78, 5) is 0. The minimum Gasteiger partial charge on any atom is -0.395 e. The fraction of sp³-hybridized carbons (Fsp3) is 0.182. The number of aryl methyl sites for hydroxylation is 1. The Morgan fingerprint density at radius 3 is 2.57 bits per heavy atom. The molecule has 0 fully saturated rings. The van der Waals surface area contributed by atoms with Crippen LogP contribution in [0.15, 0.2) is 72.8 Å². The maximum atomic E-state index is 13.3. The number of rotatable bonds is 3. The molecule has 0 radical (unpaired) electrons. The molecule has 2 atom stereocenters. The van der Waals surface area contributed by atoms with E-state index in [0.29, 0.717) is 17.2 Å². The summed E-state index contributed by atoms with van der Waals surface area (Å²) in [6.45, 7) is 2.26. The monoisotopic (exact) mass is 414 g/mol. The number of hydrogen-bond donors (Lipinski definition) is 0. The van der Waals surface area contributed by atoms with Gasteiger partial charge in [0.05, 0.1) is 11.6 Å². The van der Waals surface area contributed by atoms with Crippen LogP contribution >= 0.6 is 19.4 Å². The first-order valence-electron chi connectivity index (χ1n) is 9.08. The van der Waals surface area contributed by atoms with Crippen LogP contribution in [-0.4, -0.2) is 6.61 Å². The molecule has 0 bridgehead atoms. The lowest BCUT2D eigenvalue weighted by Crippen LogP contribution is -2.15. The molecular weight excluding hydrogens is 395 g/mol. The molecule has 144 valence electrons. The Kier molecular flexibility index (Phi) is 5.45. The van der Waals surface area contributed by atoms with E-state index in [1.165, 1.54) is 0 Å². The molecule has 0 saturated heterocycles. The van der Waals surface area contributed by atoms with Crippen molar-refractivity contribution < 1.29 is 18.1 Å². The van der Waals surface area contributed by atoms with Gasteiger partial charge >= 0.3 is 7.82 Å². The number of benzene rings is 3. The van der Waals surface area contributed by atoms with Crippen molar-refractivity contribution in [2.24, 2.45) is 0 Å². The van der Waals surface area contributed by atoms with Gasteiger partial charge in [0, 0.05) is 11.5 Å². The van der Waals surface area contributed by atoms with E-state index in [1.807, 2.05) is 37.3 Å². The molecule has 3 aromatic rings. The van der Waals surface area contributed by atoms with Gasteiger partial charge in [-0.2, -0.15) is 0 Å². The van der Waals surface area contributed by atoms with Crippen molar-refractivity contribution >= 4 is 19.4 Å². The van der Waals surface area contributed by atoms with Gasteiger partial charge in [0.2, 0.25) is 0 Å². The fourth-order valence-electron chi connectivity index (χ4n) is 3.32. The molecule has 28 heavy (non-hydrogen) atoms. The quantitative estimate of drug-likeness (QED) is 0.444. The van der Waals surface area contributed by atoms with Crippen LogP contribution in [0.5, 0.6) is 11.5 Å². The summed E-state index contributed by atoms with van der Waals surface area (Å²) in [6, 6.07) is 22.8. The van der Waals surface area contributed by atoms with Crippen LogP contribution in [-0.2, 0) is 9.09 Å². The van der Waals surface area contributed by atoms with Gasteiger partial charge in [-0.3, -0.25) is 4.52 Å². The number of phosphoric ester groups is 1. The second-order valence-electron chi connectivity index (χ2n) is 6.69. The zero-order valence-electron chi connectivity index (χ0n) is 15.4. The highest BCUT2D eigenvalue weighted by Crippen LogP contribution is 2.54. The maximum Gasteiger partial charge on any atom is 0.587 e. The second kappa shape index (κ2) is 8.00. The molecule has 0 spiro atoms. The lowest BCUT2D eigenvalue weighted by atomic mass is 9.87. The summed E-state index contributed by atoms with van der Waals surface area (Å²) >= 11 is 6.15. The van der Waals surface area contributed by atoms with Gasteiger partial charge in [0.15, 0.2) is 5.75 Å². The minimum atomic E-state index is -3.88. The number of fused-ring (bicyclic) bond motifs is 1. The van der Waals surface area contributed by atoms with Gasteiger partial charge in [-0.05, 0) is 37.1 Å². The zero-order valence-corrected chi connectivity index (χ0v) is 17.0. The van der Waals surface area contributed by atoms with Crippen molar-refractivity contribution in [3.63, 3.8) is 0 Å². The van der Waals surface area contributed by atoms with E-state index in [9.17, 15) is 4.57 Å². The number of para-hydroxylation sites is 1.